The van der Waals surface area contributed by atoms with Gasteiger partial charge in [-0.05, 0) is 24.1 Å². The second-order valence-corrected chi connectivity index (χ2v) is 4.54. The van der Waals surface area contributed by atoms with E-state index < -0.39 is 0 Å². The Morgan fingerprint density at radius 3 is 2.94 bits per heavy atom. The number of aliphatic hydroxyl groups is 1. The fourth-order valence-corrected chi connectivity index (χ4v) is 2.11. The maximum Gasteiger partial charge on any atom is 0.224 e. The Hall–Kier alpha value is -1.68. The summed E-state index contributed by atoms with van der Waals surface area (Å²) < 4.78 is 12.9. The average molecular weight is 249 g/mol. The summed E-state index contributed by atoms with van der Waals surface area (Å²) in [5.74, 6) is -0.334. The summed E-state index contributed by atoms with van der Waals surface area (Å²) in [5, 5.41) is 11.8. The summed E-state index contributed by atoms with van der Waals surface area (Å²) in [6.07, 6.45) is 4.70. The van der Waals surface area contributed by atoms with E-state index in [9.17, 15) is 9.18 Å². The van der Waals surface area contributed by atoms with Crippen molar-refractivity contribution in [2.75, 3.05) is 6.61 Å². The lowest BCUT2D eigenvalue weighted by molar-refractivity contribution is -0.120. The van der Waals surface area contributed by atoms with Crippen molar-refractivity contribution in [3.63, 3.8) is 0 Å². The van der Waals surface area contributed by atoms with Gasteiger partial charge >= 0.3 is 0 Å². The van der Waals surface area contributed by atoms with Crippen LogP contribution in [0.1, 0.15) is 12.0 Å². The number of carbonyl (C=O) groups is 1. The van der Waals surface area contributed by atoms with Crippen LogP contribution in [-0.4, -0.2) is 23.7 Å². The monoisotopic (exact) mass is 249 g/mol. The summed E-state index contributed by atoms with van der Waals surface area (Å²) in [7, 11) is 0. The molecule has 0 fully saturated rings. The maximum atomic E-state index is 12.9. The lowest BCUT2D eigenvalue weighted by Gasteiger charge is -2.12. The van der Waals surface area contributed by atoms with Gasteiger partial charge in [0, 0.05) is 18.6 Å². The zero-order valence-corrected chi connectivity index (χ0v) is 9.97. The van der Waals surface area contributed by atoms with Gasteiger partial charge in [0.25, 0.3) is 0 Å². The van der Waals surface area contributed by atoms with Crippen LogP contribution in [0.5, 0.6) is 0 Å². The van der Waals surface area contributed by atoms with Crippen LogP contribution >= 0.6 is 0 Å². The van der Waals surface area contributed by atoms with Gasteiger partial charge in [0.1, 0.15) is 5.82 Å². The van der Waals surface area contributed by atoms with Crippen LogP contribution in [0, 0.1) is 11.7 Å². The molecular formula is C14H16FNO2. The van der Waals surface area contributed by atoms with Crippen LogP contribution < -0.4 is 5.32 Å². The van der Waals surface area contributed by atoms with Gasteiger partial charge in [-0.15, -0.1) is 0 Å². The van der Waals surface area contributed by atoms with Crippen molar-refractivity contribution >= 4 is 5.91 Å². The molecule has 3 nitrogen and oxygen atoms in total. The highest BCUT2D eigenvalue weighted by atomic mass is 19.1. The number of aliphatic hydroxyl groups excluding tert-OH is 1. The topological polar surface area (TPSA) is 49.3 Å². The zero-order chi connectivity index (χ0) is 13.0. The van der Waals surface area contributed by atoms with Gasteiger partial charge in [-0.25, -0.2) is 4.39 Å². The summed E-state index contributed by atoms with van der Waals surface area (Å²) in [4.78, 5) is 11.7. The van der Waals surface area contributed by atoms with Gasteiger partial charge in [0.15, 0.2) is 0 Å². The SMILES string of the molecule is O=C(Cc1cccc(F)c1)N[C@@H]1C=C[C@H](CO)C1. The fourth-order valence-electron chi connectivity index (χ4n) is 2.11. The van der Waals surface area contributed by atoms with Crippen LogP contribution in [0.25, 0.3) is 0 Å². The highest BCUT2D eigenvalue weighted by Gasteiger charge is 2.19. The number of benzene rings is 1. The predicted molar refractivity (Wildman–Crippen MR) is 66.4 cm³/mol. The molecule has 0 radical (unpaired) electrons. The molecule has 0 heterocycles. The number of carbonyl (C=O) groups excluding carboxylic acids is 1. The predicted octanol–water partition coefficient (Wildman–Crippen LogP) is 1.42. The van der Waals surface area contributed by atoms with E-state index in [2.05, 4.69) is 5.32 Å². The van der Waals surface area contributed by atoms with Crippen molar-refractivity contribution in [3.05, 3.63) is 47.8 Å². The van der Waals surface area contributed by atoms with Gasteiger partial charge in [-0.3, -0.25) is 4.79 Å². The summed E-state index contributed by atoms with van der Waals surface area (Å²) >= 11 is 0. The van der Waals surface area contributed by atoms with E-state index >= 15 is 0 Å². The van der Waals surface area contributed by atoms with Crippen molar-refractivity contribution in [2.24, 2.45) is 5.92 Å². The third-order valence-electron chi connectivity index (χ3n) is 3.01. The lowest BCUT2D eigenvalue weighted by atomic mass is 10.1. The largest absolute Gasteiger partial charge is 0.396 e. The lowest BCUT2D eigenvalue weighted by Crippen LogP contribution is -2.34. The highest BCUT2D eigenvalue weighted by Crippen LogP contribution is 2.17. The Morgan fingerprint density at radius 1 is 1.44 bits per heavy atom. The minimum absolute atomic E-state index is 0.0248. The number of amides is 1. The van der Waals surface area contributed by atoms with Gasteiger partial charge in [0.2, 0.25) is 5.91 Å². The summed E-state index contributed by atoms with van der Waals surface area (Å²) in [6, 6.07) is 6.01. The van der Waals surface area contributed by atoms with Crippen molar-refractivity contribution in [2.45, 2.75) is 18.9 Å². The molecule has 0 bridgehead atoms. The molecule has 0 aromatic heterocycles. The molecule has 0 aliphatic heterocycles. The quantitative estimate of drug-likeness (QED) is 0.793. The van der Waals surface area contributed by atoms with E-state index in [-0.39, 0.29) is 36.7 Å². The van der Waals surface area contributed by atoms with Crippen LogP contribution in [0.4, 0.5) is 4.39 Å². The van der Waals surface area contributed by atoms with Gasteiger partial charge in [-0.2, -0.15) is 0 Å². The molecule has 2 rings (SSSR count). The molecule has 2 N–H and O–H groups in total. The minimum atomic E-state index is -0.332. The molecule has 2 atom stereocenters. The van der Waals surface area contributed by atoms with Gasteiger partial charge in [-0.1, -0.05) is 24.3 Å². The van der Waals surface area contributed by atoms with E-state index in [4.69, 9.17) is 5.11 Å². The molecule has 18 heavy (non-hydrogen) atoms. The van der Waals surface area contributed by atoms with Crippen LogP contribution in [-0.2, 0) is 11.2 Å². The molecule has 0 unspecified atom stereocenters. The molecule has 1 aromatic rings. The molecule has 1 aromatic carbocycles. The Bertz CT molecular complexity index is 459. The van der Waals surface area contributed by atoms with E-state index in [1.54, 1.807) is 12.1 Å². The van der Waals surface area contributed by atoms with Gasteiger partial charge < -0.3 is 10.4 Å². The molecule has 0 saturated heterocycles. The van der Waals surface area contributed by atoms with Crippen molar-refractivity contribution < 1.29 is 14.3 Å². The first-order chi connectivity index (χ1) is 8.67. The number of nitrogens with one attached hydrogen (secondary N) is 1. The first kappa shape index (κ1) is 12.8. The molecule has 1 amide bonds. The molecule has 1 aliphatic rings. The van der Waals surface area contributed by atoms with Gasteiger partial charge in [0.05, 0.1) is 6.42 Å². The van der Waals surface area contributed by atoms with Crippen molar-refractivity contribution in [1.29, 1.82) is 0 Å². The standard InChI is InChI=1S/C14H16FNO2/c15-12-3-1-2-10(6-12)8-14(18)16-13-5-4-11(7-13)9-17/h1-6,11,13,17H,7-9H2,(H,16,18)/t11-,13+/m0/s1. The molecule has 1 aliphatic carbocycles. The third-order valence-corrected chi connectivity index (χ3v) is 3.01. The Kier molecular flexibility index (Phi) is 4.10. The van der Waals surface area contributed by atoms with E-state index in [0.29, 0.717) is 5.56 Å². The van der Waals surface area contributed by atoms with Crippen molar-refractivity contribution in [1.82, 2.24) is 5.32 Å². The normalized spacial score (nSPS) is 22.1. The second kappa shape index (κ2) is 5.78. The first-order valence-electron chi connectivity index (χ1n) is 6.00. The molecule has 96 valence electrons. The summed E-state index contributed by atoms with van der Waals surface area (Å²) in [6.45, 7) is 0.104. The number of hydrogen-bond acceptors (Lipinski definition) is 2. The molecule has 0 saturated carbocycles. The van der Waals surface area contributed by atoms with Crippen LogP contribution in [0.3, 0.4) is 0 Å². The Labute approximate surface area is 105 Å². The first-order valence-corrected chi connectivity index (χ1v) is 6.00. The molecule has 4 heteroatoms. The van der Waals surface area contributed by atoms with Crippen molar-refractivity contribution in [3.8, 4) is 0 Å². The van der Waals surface area contributed by atoms with Crippen LogP contribution in [0.2, 0.25) is 0 Å². The van der Waals surface area contributed by atoms with E-state index in [1.165, 1.54) is 12.1 Å². The number of hydrogen-bond donors (Lipinski definition) is 2. The number of halogens is 1. The smallest absolute Gasteiger partial charge is 0.224 e. The highest BCUT2D eigenvalue weighted by molar-refractivity contribution is 5.79. The average Bonchev–Trinajstić information content (AvgIpc) is 2.76. The zero-order valence-electron chi connectivity index (χ0n) is 9.97. The minimum Gasteiger partial charge on any atom is -0.396 e. The van der Waals surface area contributed by atoms with Crippen LogP contribution in [0.15, 0.2) is 36.4 Å². The third kappa shape index (κ3) is 3.40. The Morgan fingerprint density at radius 2 is 2.28 bits per heavy atom. The Balaban J connectivity index is 1.84. The van der Waals surface area contributed by atoms with E-state index in [0.717, 1.165) is 6.42 Å². The second-order valence-electron chi connectivity index (χ2n) is 4.54. The fraction of sp³-hybridized carbons (Fsp3) is 0.357. The maximum absolute atomic E-state index is 12.9. The molecular weight excluding hydrogens is 233 g/mol. The van der Waals surface area contributed by atoms with E-state index in [1.807, 2.05) is 12.2 Å². The number of rotatable bonds is 4. The molecule has 0 spiro atoms. The summed E-state index contributed by atoms with van der Waals surface area (Å²) in [5.41, 5.74) is 0.660.